The van der Waals surface area contributed by atoms with E-state index in [1.54, 1.807) is 0 Å². The molecule has 1 aliphatic rings. The average molecular weight is 283 g/mol. The molecule has 0 aromatic heterocycles. The molecule has 3 nitrogen and oxygen atoms in total. The Balaban J connectivity index is 2.21. The van der Waals surface area contributed by atoms with E-state index in [0.29, 0.717) is 11.4 Å². The van der Waals surface area contributed by atoms with E-state index in [9.17, 15) is 4.79 Å². The van der Waals surface area contributed by atoms with Crippen LogP contribution in [0.2, 0.25) is 5.02 Å². The maximum atomic E-state index is 11.5. The van der Waals surface area contributed by atoms with E-state index in [-0.39, 0.29) is 5.97 Å². The van der Waals surface area contributed by atoms with E-state index in [2.05, 4.69) is 0 Å². The van der Waals surface area contributed by atoms with Gasteiger partial charge in [-0.2, -0.15) is 0 Å². The van der Waals surface area contributed by atoms with Crippen molar-refractivity contribution in [3.63, 3.8) is 0 Å². The minimum atomic E-state index is -0.392. The maximum Gasteiger partial charge on any atom is 0.309 e. The van der Waals surface area contributed by atoms with Crippen molar-refractivity contribution in [1.82, 2.24) is 0 Å². The Bertz CT molecular complexity index is 469. The second kappa shape index (κ2) is 5.41. The van der Waals surface area contributed by atoms with Crippen molar-refractivity contribution in [2.45, 2.75) is 45.1 Å². The molecule has 1 aromatic carbocycles. The molecule has 104 valence electrons. The van der Waals surface area contributed by atoms with E-state index >= 15 is 0 Å². The third-order valence-corrected chi connectivity index (χ3v) is 3.92. The van der Waals surface area contributed by atoms with Gasteiger partial charge in [0.1, 0.15) is 11.4 Å². The Labute approximate surface area is 118 Å². The van der Waals surface area contributed by atoms with Gasteiger partial charge >= 0.3 is 5.97 Å². The Morgan fingerprint density at radius 3 is 2.32 bits per heavy atom. The standard InChI is InChI=1S/C15H19ClO3/c1-10-7-12(16)8-11(2)14(10)19-15(5-4-6-15)9-13(17)18-3/h7-8H,4-6,9H2,1-3H3. The van der Waals surface area contributed by atoms with Crippen LogP contribution in [0.1, 0.15) is 36.8 Å². The van der Waals surface area contributed by atoms with Gasteiger partial charge in [0.05, 0.1) is 13.5 Å². The number of methoxy groups -OCH3 is 1. The van der Waals surface area contributed by atoms with Crippen LogP contribution in [0.15, 0.2) is 12.1 Å². The number of carbonyl (C=O) groups excluding carboxylic acids is 1. The number of rotatable bonds is 4. The first-order valence-electron chi connectivity index (χ1n) is 6.48. The summed E-state index contributed by atoms with van der Waals surface area (Å²) in [6.07, 6.45) is 3.18. The van der Waals surface area contributed by atoms with Crippen LogP contribution in [-0.4, -0.2) is 18.7 Å². The number of halogens is 1. The summed E-state index contributed by atoms with van der Waals surface area (Å²) in [4.78, 5) is 11.5. The van der Waals surface area contributed by atoms with Gasteiger partial charge in [-0.1, -0.05) is 11.6 Å². The van der Waals surface area contributed by atoms with Crippen LogP contribution in [0.3, 0.4) is 0 Å². The molecular weight excluding hydrogens is 264 g/mol. The summed E-state index contributed by atoms with van der Waals surface area (Å²) in [6, 6.07) is 3.77. The summed E-state index contributed by atoms with van der Waals surface area (Å²) >= 11 is 6.02. The molecule has 19 heavy (non-hydrogen) atoms. The number of hydrogen-bond donors (Lipinski definition) is 0. The summed E-state index contributed by atoms with van der Waals surface area (Å²) in [5.41, 5.74) is 1.61. The van der Waals surface area contributed by atoms with Gasteiger partial charge in [0, 0.05) is 5.02 Å². The number of hydrogen-bond acceptors (Lipinski definition) is 3. The van der Waals surface area contributed by atoms with Gasteiger partial charge in [0.25, 0.3) is 0 Å². The van der Waals surface area contributed by atoms with Gasteiger partial charge in [-0.25, -0.2) is 0 Å². The summed E-state index contributed by atoms with van der Waals surface area (Å²) in [6.45, 7) is 3.94. The first-order valence-corrected chi connectivity index (χ1v) is 6.86. The number of aryl methyl sites for hydroxylation is 2. The monoisotopic (exact) mass is 282 g/mol. The summed E-state index contributed by atoms with van der Waals surface area (Å²) in [7, 11) is 1.41. The zero-order valence-corrected chi connectivity index (χ0v) is 12.3. The minimum Gasteiger partial charge on any atom is -0.486 e. The van der Waals surface area contributed by atoms with E-state index in [0.717, 1.165) is 36.1 Å². The van der Waals surface area contributed by atoms with Gasteiger partial charge in [0.15, 0.2) is 0 Å². The molecule has 0 unspecified atom stereocenters. The van der Waals surface area contributed by atoms with Crippen LogP contribution < -0.4 is 4.74 Å². The van der Waals surface area contributed by atoms with Crippen molar-refractivity contribution in [3.05, 3.63) is 28.3 Å². The fraction of sp³-hybridized carbons (Fsp3) is 0.533. The van der Waals surface area contributed by atoms with E-state index in [1.165, 1.54) is 7.11 Å². The molecule has 0 N–H and O–H groups in total. The van der Waals surface area contributed by atoms with Crippen LogP contribution in [0.5, 0.6) is 5.75 Å². The third-order valence-electron chi connectivity index (χ3n) is 3.70. The molecular formula is C15H19ClO3. The van der Waals surface area contributed by atoms with E-state index in [4.69, 9.17) is 21.1 Å². The predicted molar refractivity (Wildman–Crippen MR) is 74.8 cm³/mol. The van der Waals surface area contributed by atoms with Crippen molar-refractivity contribution < 1.29 is 14.3 Å². The summed E-state index contributed by atoms with van der Waals surface area (Å²) in [5, 5.41) is 0.706. The maximum absolute atomic E-state index is 11.5. The first-order chi connectivity index (χ1) is 8.96. The molecule has 1 saturated carbocycles. The van der Waals surface area contributed by atoms with Gasteiger partial charge in [0.2, 0.25) is 0 Å². The summed E-state index contributed by atoms with van der Waals surface area (Å²) < 4.78 is 10.9. The SMILES string of the molecule is COC(=O)CC1(Oc2c(C)cc(Cl)cc2C)CCC1. The van der Waals surface area contributed by atoms with Crippen molar-refractivity contribution in [2.75, 3.05) is 7.11 Å². The topological polar surface area (TPSA) is 35.5 Å². The molecule has 2 rings (SSSR count). The van der Waals surface area contributed by atoms with Crippen LogP contribution in [0.4, 0.5) is 0 Å². The van der Waals surface area contributed by atoms with Gasteiger partial charge < -0.3 is 9.47 Å². The first kappa shape index (κ1) is 14.2. The molecule has 4 heteroatoms. The largest absolute Gasteiger partial charge is 0.486 e. The molecule has 1 aromatic rings. The molecule has 0 spiro atoms. The van der Waals surface area contributed by atoms with Crippen LogP contribution in [-0.2, 0) is 9.53 Å². The second-order valence-corrected chi connectivity index (χ2v) is 5.70. The second-order valence-electron chi connectivity index (χ2n) is 5.26. The Kier molecular flexibility index (Phi) is 4.04. The molecule has 0 radical (unpaired) electrons. The molecule has 0 bridgehead atoms. The lowest BCUT2D eigenvalue weighted by Crippen LogP contribution is -2.45. The van der Waals surface area contributed by atoms with Crippen LogP contribution in [0, 0.1) is 13.8 Å². The molecule has 0 atom stereocenters. The van der Waals surface area contributed by atoms with E-state index in [1.807, 2.05) is 26.0 Å². The Morgan fingerprint density at radius 1 is 1.32 bits per heavy atom. The van der Waals surface area contributed by atoms with Crippen molar-refractivity contribution >= 4 is 17.6 Å². The predicted octanol–water partition coefficient (Wildman–Crippen LogP) is 3.82. The van der Waals surface area contributed by atoms with Gasteiger partial charge in [-0.05, 0) is 56.4 Å². The normalized spacial score (nSPS) is 16.6. The van der Waals surface area contributed by atoms with Crippen molar-refractivity contribution in [3.8, 4) is 5.75 Å². The van der Waals surface area contributed by atoms with Gasteiger partial charge in [-0.15, -0.1) is 0 Å². The Morgan fingerprint density at radius 2 is 1.89 bits per heavy atom. The fourth-order valence-corrected chi connectivity index (χ4v) is 2.82. The lowest BCUT2D eigenvalue weighted by molar-refractivity contribution is -0.148. The lowest BCUT2D eigenvalue weighted by Gasteiger charge is -2.41. The van der Waals surface area contributed by atoms with E-state index < -0.39 is 5.60 Å². The quantitative estimate of drug-likeness (QED) is 0.788. The number of esters is 1. The average Bonchev–Trinajstić information content (AvgIpc) is 2.29. The smallest absolute Gasteiger partial charge is 0.309 e. The molecule has 0 heterocycles. The van der Waals surface area contributed by atoms with Crippen molar-refractivity contribution in [2.24, 2.45) is 0 Å². The lowest BCUT2D eigenvalue weighted by atomic mass is 9.77. The molecule has 1 aliphatic carbocycles. The zero-order chi connectivity index (χ0) is 14.0. The molecule has 1 fully saturated rings. The highest BCUT2D eigenvalue weighted by atomic mass is 35.5. The summed E-state index contributed by atoms with van der Waals surface area (Å²) in [5.74, 6) is 0.622. The minimum absolute atomic E-state index is 0.219. The third kappa shape index (κ3) is 3.03. The number of carbonyl (C=O) groups is 1. The highest BCUT2D eigenvalue weighted by Gasteiger charge is 2.42. The van der Waals surface area contributed by atoms with Crippen molar-refractivity contribution in [1.29, 1.82) is 0 Å². The molecule has 0 saturated heterocycles. The van der Waals surface area contributed by atoms with Crippen LogP contribution in [0.25, 0.3) is 0 Å². The molecule has 0 aliphatic heterocycles. The van der Waals surface area contributed by atoms with Gasteiger partial charge in [-0.3, -0.25) is 4.79 Å². The molecule has 0 amide bonds. The fourth-order valence-electron chi connectivity index (χ4n) is 2.50. The Hall–Kier alpha value is -1.22. The highest BCUT2D eigenvalue weighted by molar-refractivity contribution is 6.30. The highest BCUT2D eigenvalue weighted by Crippen LogP contribution is 2.42. The zero-order valence-electron chi connectivity index (χ0n) is 11.6. The number of ether oxygens (including phenoxy) is 2. The van der Waals surface area contributed by atoms with Crippen LogP contribution >= 0.6 is 11.6 Å². The number of benzene rings is 1.